The molecule has 0 aromatic heterocycles. The predicted molar refractivity (Wildman–Crippen MR) is 75.2 cm³/mol. The minimum atomic E-state index is -3.87. The summed E-state index contributed by atoms with van der Waals surface area (Å²) in [4.78, 5) is -0.0863. The first kappa shape index (κ1) is 14.6. The molecule has 0 radical (unpaired) electrons. The maximum Gasteiger partial charge on any atom is 0.265 e. The van der Waals surface area contributed by atoms with Gasteiger partial charge in [-0.15, -0.1) is 0 Å². The van der Waals surface area contributed by atoms with Crippen LogP contribution >= 0.6 is 11.6 Å². The Morgan fingerprint density at radius 3 is 2.40 bits per heavy atom. The third-order valence-electron chi connectivity index (χ3n) is 2.51. The average molecular weight is 316 g/mol. The Morgan fingerprint density at radius 2 is 1.80 bits per heavy atom. The molecule has 0 unspecified atom stereocenters. The van der Waals surface area contributed by atoms with Gasteiger partial charge in [0, 0.05) is 10.7 Å². The van der Waals surface area contributed by atoms with E-state index >= 15 is 0 Å². The molecule has 0 saturated carbocycles. The van der Waals surface area contributed by atoms with Crippen molar-refractivity contribution >= 4 is 27.3 Å². The van der Waals surface area contributed by atoms with Crippen LogP contribution in [0.25, 0.3) is 0 Å². The Bertz CT molecular complexity index is 717. The van der Waals surface area contributed by atoms with Crippen molar-refractivity contribution in [1.82, 2.24) is 0 Å². The minimum Gasteiger partial charge on any atom is -0.495 e. The second-order valence-corrected chi connectivity index (χ2v) is 5.99. The van der Waals surface area contributed by atoms with Crippen LogP contribution in [-0.2, 0) is 10.0 Å². The largest absolute Gasteiger partial charge is 0.495 e. The fourth-order valence-electron chi connectivity index (χ4n) is 1.59. The second kappa shape index (κ2) is 5.68. The van der Waals surface area contributed by atoms with E-state index in [0.29, 0.717) is 0 Å². The van der Waals surface area contributed by atoms with Crippen molar-refractivity contribution in [2.45, 2.75) is 4.90 Å². The van der Waals surface area contributed by atoms with Gasteiger partial charge in [-0.1, -0.05) is 11.6 Å². The summed E-state index contributed by atoms with van der Waals surface area (Å²) in [6.45, 7) is 0. The van der Waals surface area contributed by atoms with Crippen molar-refractivity contribution in [2.75, 3.05) is 11.8 Å². The van der Waals surface area contributed by atoms with E-state index in [1.165, 1.54) is 37.4 Å². The van der Waals surface area contributed by atoms with E-state index in [-0.39, 0.29) is 21.4 Å². The van der Waals surface area contributed by atoms with Gasteiger partial charge in [0.15, 0.2) is 0 Å². The van der Waals surface area contributed by atoms with E-state index in [0.717, 1.165) is 12.1 Å². The van der Waals surface area contributed by atoms with Gasteiger partial charge in [-0.05, 0) is 42.5 Å². The van der Waals surface area contributed by atoms with Gasteiger partial charge in [-0.25, -0.2) is 12.8 Å². The number of sulfonamides is 1. The number of anilines is 1. The van der Waals surface area contributed by atoms with Gasteiger partial charge in [0.05, 0.1) is 7.11 Å². The summed E-state index contributed by atoms with van der Waals surface area (Å²) in [5.41, 5.74) is 0.244. The van der Waals surface area contributed by atoms with Crippen molar-refractivity contribution in [2.24, 2.45) is 0 Å². The van der Waals surface area contributed by atoms with E-state index in [9.17, 15) is 12.8 Å². The molecule has 0 spiro atoms. The molecule has 2 aromatic rings. The number of hydrogen-bond acceptors (Lipinski definition) is 3. The Kier molecular flexibility index (Phi) is 4.15. The molecule has 1 N–H and O–H groups in total. The van der Waals surface area contributed by atoms with Crippen LogP contribution in [0.5, 0.6) is 5.75 Å². The van der Waals surface area contributed by atoms with Crippen LogP contribution in [-0.4, -0.2) is 15.5 Å². The average Bonchev–Trinajstić information content (AvgIpc) is 2.41. The summed E-state index contributed by atoms with van der Waals surface area (Å²) in [7, 11) is -2.51. The van der Waals surface area contributed by atoms with Gasteiger partial charge in [0.25, 0.3) is 10.0 Å². The molecule has 106 valence electrons. The highest BCUT2D eigenvalue weighted by Gasteiger charge is 2.20. The molecule has 4 nitrogen and oxygen atoms in total. The summed E-state index contributed by atoms with van der Waals surface area (Å²) >= 11 is 5.81. The highest BCUT2D eigenvalue weighted by atomic mass is 35.5. The molecule has 0 fully saturated rings. The zero-order valence-electron chi connectivity index (χ0n) is 10.4. The van der Waals surface area contributed by atoms with E-state index in [2.05, 4.69) is 4.72 Å². The lowest BCUT2D eigenvalue weighted by atomic mass is 10.3. The lowest BCUT2D eigenvalue weighted by molar-refractivity contribution is 0.403. The second-order valence-electron chi connectivity index (χ2n) is 3.91. The van der Waals surface area contributed by atoms with Crippen LogP contribution in [0.2, 0.25) is 5.02 Å². The molecule has 0 heterocycles. The first-order valence-electron chi connectivity index (χ1n) is 5.54. The molecule has 0 aliphatic rings. The molecule has 0 atom stereocenters. The summed E-state index contributed by atoms with van der Waals surface area (Å²) in [5.74, 6) is -0.280. The summed E-state index contributed by atoms with van der Waals surface area (Å²) in [6, 6.07) is 9.24. The molecule has 0 amide bonds. The van der Waals surface area contributed by atoms with Crippen molar-refractivity contribution in [3.8, 4) is 5.75 Å². The first-order valence-corrected chi connectivity index (χ1v) is 7.40. The third kappa shape index (κ3) is 3.20. The molecular weight excluding hydrogens is 305 g/mol. The van der Waals surface area contributed by atoms with Crippen LogP contribution in [0.15, 0.2) is 47.4 Å². The normalized spacial score (nSPS) is 11.2. The maximum absolute atomic E-state index is 12.8. The van der Waals surface area contributed by atoms with E-state index in [4.69, 9.17) is 16.3 Å². The monoisotopic (exact) mass is 315 g/mol. The highest BCUT2D eigenvalue weighted by molar-refractivity contribution is 7.92. The number of ether oxygens (including phenoxy) is 1. The quantitative estimate of drug-likeness (QED) is 0.942. The van der Waals surface area contributed by atoms with Gasteiger partial charge in [-0.3, -0.25) is 4.72 Å². The van der Waals surface area contributed by atoms with Crippen LogP contribution in [0, 0.1) is 5.82 Å². The van der Waals surface area contributed by atoms with Crippen molar-refractivity contribution in [1.29, 1.82) is 0 Å². The van der Waals surface area contributed by atoms with Crippen LogP contribution in [0.4, 0.5) is 10.1 Å². The number of hydrogen-bond donors (Lipinski definition) is 1. The molecule has 0 saturated heterocycles. The Balaban J connectivity index is 2.40. The van der Waals surface area contributed by atoms with Crippen LogP contribution in [0.3, 0.4) is 0 Å². The Labute approximate surface area is 121 Å². The van der Waals surface area contributed by atoms with Crippen LogP contribution < -0.4 is 9.46 Å². The van der Waals surface area contributed by atoms with Crippen molar-refractivity contribution in [3.63, 3.8) is 0 Å². The standard InChI is InChI=1S/C13H11ClFNO3S/c1-19-12-7-2-9(14)8-13(12)20(17,18)16-11-5-3-10(15)4-6-11/h2-8,16H,1H3. The third-order valence-corrected chi connectivity index (χ3v) is 4.15. The predicted octanol–water partition coefficient (Wildman–Crippen LogP) is 3.29. The highest BCUT2D eigenvalue weighted by Crippen LogP contribution is 2.28. The zero-order chi connectivity index (χ0) is 14.8. The molecule has 7 heteroatoms. The summed E-state index contributed by atoms with van der Waals surface area (Å²) in [6.07, 6.45) is 0. The molecule has 0 aliphatic carbocycles. The summed E-state index contributed by atoms with van der Waals surface area (Å²) in [5, 5.41) is 0.269. The van der Waals surface area contributed by atoms with Crippen molar-refractivity contribution < 1.29 is 17.5 Å². The fourth-order valence-corrected chi connectivity index (χ4v) is 3.08. The molecular formula is C13H11ClFNO3S. The van der Waals surface area contributed by atoms with E-state index in [1.807, 2.05) is 0 Å². The number of rotatable bonds is 4. The molecule has 0 bridgehead atoms. The first-order chi connectivity index (χ1) is 9.42. The van der Waals surface area contributed by atoms with Gasteiger partial charge in [0.2, 0.25) is 0 Å². The van der Waals surface area contributed by atoms with Gasteiger partial charge in [-0.2, -0.15) is 0 Å². The smallest absolute Gasteiger partial charge is 0.265 e. The maximum atomic E-state index is 12.8. The fraction of sp³-hybridized carbons (Fsp3) is 0.0769. The Hall–Kier alpha value is -1.79. The van der Waals surface area contributed by atoms with Gasteiger partial charge < -0.3 is 4.74 Å². The van der Waals surface area contributed by atoms with E-state index in [1.54, 1.807) is 0 Å². The number of methoxy groups -OCH3 is 1. The number of nitrogens with one attached hydrogen (secondary N) is 1. The van der Waals surface area contributed by atoms with E-state index < -0.39 is 15.8 Å². The topological polar surface area (TPSA) is 55.4 Å². The lowest BCUT2D eigenvalue weighted by Crippen LogP contribution is -2.14. The van der Waals surface area contributed by atoms with Gasteiger partial charge >= 0.3 is 0 Å². The Morgan fingerprint density at radius 1 is 1.15 bits per heavy atom. The van der Waals surface area contributed by atoms with Gasteiger partial charge in [0.1, 0.15) is 16.5 Å². The van der Waals surface area contributed by atoms with Crippen molar-refractivity contribution in [3.05, 3.63) is 53.3 Å². The molecule has 2 aromatic carbocycles. The lowest BCUT2D eigenvalue weighted by Gasteiger charge is -2.11. The summed E-state index contributed by atoms with van der Waals surface area (Å²) < 4.78 is 44.7. The molecule has 20 heavy (non-hydrogen) atoms. The molecule has 2 rings (SSSR count). The SMILES string of the molecule is COc1ccc(Cl)cc1S(=O)(=O)Nc1ccc(F)cc1. The zero-order valence-corrected chi connectivity index (χ0v) is 12.0. The number of benzene rings is 2. The minimum absolute atomic E-state index is 0.0863. The number of halogens is 2. The van der Waals surface area contributed by atoms with Crippen LogP contribution in [0.1, 0.15) is 0 Å². The molecule has 0 aliphatic heterocycles.